The van der Waals surface area contributed by atoms with E-state index in [1.54, 1.807) is 6.92 Å². The molecular formula is C6H12O3. The molecule has 3 atom stereocenters. The quantitative estimate of drug-likeness (QED) is 0.506. The van der Waals surface area contributed by atoms with E-state index in [-0.39, 0.29) is 24.9 Å². The van der Waals surface area contributed by atoms with Crippen LogP contribution in [0, 0.1) is 0 Å². The van der Waals surface area contributed by atoms with Gasteiger partial charge in [-0.2, -0.15) is 0 Å². The molecule has 1 heterocycles. The van der Waals surface area contributed by atoms with Gasteiger partial charge >= 0.3 is 0 Å². The highest BCUT2D eigenvalue weighted by Gasteiger charge is 2.29. The third-order valence-corrected chi connectivity index (χ3v) is 1.66. The van der Waals surface area contributed by atoms with E-state index in [2.05, 4.69) is 0 Å². The normalized spacial score (nSPS) is 43.7. The maximum atomic E-state index is 9.06. The molecule has 0 aromatic heterocycles. The number of rotatable bonds is 1. The molecule has 2 N–H and O–H groups in total. The highest BCUT2D eigenvalue weighted by Crippen LogP contribution is 2.18. The van der Waals surface area contributed by atoms with Crippen LogP contribution in [-0.4, -0.2) is 35.1 Å². The number of aliphatic hydroxyl groups excluding tert-OH is 2. The average molecular weight is 132 g/mol. The Labute approximate surface area is 54.3 Å². The lowest BCUT2D eigenvalue weighted by Crippen LogP contribution is -2.15. The summed E-state index contributed by atoms with van der Waals surface area (Å²) in [7, 11) is 0. The van der Waals surface area contributed by atoms with E-state index in [0.717, 1.165) is 0 Å². The second kappa shape index (κ2) is 2.64. The molecule has 9 heavy (non-hydrogen) atoms. The van der Waals surface area contributed by atoms with Crippen molar-refractivity contribution in [2.24, 2.45) is 0 Å². The summed E-state index contributed by atoms with van der Waals surface area (Å²) in [5.74, 6) is 0. The molecule has 1 aliphatic rings. The minimum atomic E-state index is -0.387. The molecule has 0 amide bonds. The molecule has 1 aliphatic heterocycles. The first kappa shape index (κ1) is 6.99. The van der Waals surface area contributed by atoms with Crippen molar-refractivity contribution < 1.29 is 14.9 Å². The molecule has 54 valence electrons. The summed E-state index contributed by atoms with van der Waals surface area (Å²) in [6, 6.07) is 0. The average Bonchev–Trinajstić information content (AvgIpc) is 2.13. The molecule has 1 saturated heterocycles. The minimum Gasteiger partial charge on any atom is -0.394 e. The topological polar surface area (TPSA) is 49.7 Å². The summed E-state index contributed by atoms with van der Waals surface area (Å²) < 4.78 is 5.12. The monoisotopic (exact) mass is 132 g/mol. The molecule has 3 heteroatoms. The Bertz CT molecular complexity index is 84.3. The largest absolute Gasteiger partial charge is 0.394 e. The first-order valence-electron chi connectivity index (χ1n) is 3.18. The third-order valence-electron chi connectivity index (χ3n) is 1.66. The van der Waals surface area contributed by atoms with Gasteiger partial charge in [0.25, 0.3) is 0 Å². The van der Waals surface area contributed by atoms with Crippen molar-refractivity contribution in [3.63, 3.8) is 0 Å². The predicted octanol–water partition coefficient (Wildman–Crippen LogP) is -0.483. The summed E-state index contributed by atoms with van der Waals surface area (Å²) in [6.07, 6.45) is -0.0724. The van der Waals surface area contributed by atoms with E-state index >= 15 is 0 Å². The molecule has 0 spiro atoms. The first-order valence-corrected chi connectivity index (χ1v) is 3.18. The van der Waals surface area contributed by atoms with Crippen molar-refractivity contribution >= 4 is 0 Å². The van der Waals surface area contributed by atoms with Gasteiger partial charge in [-0.15, -0.1) is 0 Å². The summed E-state index contributed by atoms with van der Waals surface area (Å²) in [5.41, 5.74) is 0. The standard InChI is InChI=1S/C6H12O3/c1-4-6(8)2-5(3-7)9-4/h4-8H,2-3H2,1H3/t4-,5-,6+/m0/s1. The molecule has 0 aliphatic carbocycles. The van der Waals surface area contributed by atoms with Crippen molar-refractivity contribution in [2.45, 2.75) is 31.7 Å². The van der Waals surface area contributed by atoms with E-state index in [1.165, 1.54) is 0 Å². The highest BCUT2D eigenvalue weighted by atomic mass is 16.5. The van der Waals surface area contributed by atoms with Crippen LogP contribution < -0.4 is 0 Å². The van der Waals surface area contributed by atoms with Crippen molar-refractivity contribution in [1.82, 2.24) is 0 Å². The van der Waals surface area contributed by atoms with Crippen LogP contribution in [0.3, 0.4) is 0 Å². The SMILES string of the molecule is C[C@@H]1O[C@H](CO)C[C@H]1O. The Balaban J connectivity index is 2.35. The molecule has 1 rings (SSSR count). The maximum absolute atomic E-state index is 9.06. The van der Waals surface area contributed by atoms with Gasteiger partial charge in [0.1, 0.15) is 0 Å². The summed E-state index contributed by atoms with van der Waals surface area (Å²) in [5, 5.41) is 17.6. The van der Waals surface area contributed by atoms with Crippen molar-refractivity contribution in [3.8, 4) is 0 Å². The van der Waals surface area contributed by atoms with E-state index in [4.69, 9.17) is 14.9 Å². The fraction of sp³-hybridized carbons (Fsp3) is 1.00. The number of ether oxygens (including phenoxy) is 1. The van der Waals surface area contributed by atoms with E-state index in [9.17, 15) is 0 Å². The Hall–Kier alpha value is -0.120. The number of hydrogen-bond donors (Lipinski definition) is 2. The lowest BCUT2D eigenvalue weighted by molar-refractivity contribution is 0.000607. The molecule has 0 aromatic carbocycles. The summed E-state index contributed by atoms with van der Waals surface area (Å²) in [4.78, 5) is 0. The van der Waals surface area contributed by atoms with Crippen LogP contribution in [-0.2, 0) is 4.74 Å². The molecular weight excluding hydrogens is 120 g/mol. The van der Waals surface area contributed by atoms with Crippen molar-refractivity contribution in [1.29, 1.82) is 0 Å². The highest BCUT2D eigenvalue weighted by molar-refractivity contribution is 4.77. The van der Waals surface area contributed by atoms with Crippen LogP contribution in [0.15, 0.2) is 0 Å². The van der Waals surface area contributed by atoms with Crippen LogP contribution >= 0.6 is 0 Å². The van der Waals surface area contributed by atoms with Crippen LogP contribution in [0.4, 0.5) is 0 Å². The molecule has 0 bridgehead atoms. The Morgan fingerprint density at radius 2 is 2.33 bits per heavy atom. The van der Waals surface area contributed by atoms with Crippen LogP contribution in [0.25, 0.3) is 0 Å². The zero-order valence-corrected chi connectivity index (χ0v) is 5.45. The van der Waals surface area contributed by atoms with E-state index < -0.39 is 0 Å². The second-order valence-electron chi connectivity index (χ2n) is 2.45. The fourth-order valence-corrected chi connectivity index (χ4v) is 1.03. The zero-order chi connectivity index (χ0) is 6.85. The Morgan fingerprint density at radius 3 is 2.56 bits per heavy atom. The maximum Gasteiger partial charge on any atom is 0.0836 e. The van der Waals surface area contributed by atoms with Gasteiger partial charge in [-0.3, -0.25) is 0 Å². The molecule has 0 radical (unpaired) electrons. The van der Waals surface area contributed by atoms with Gasteiger partial charge < -0.3 is 14.9 Å². The number of hydrogen-bond acceptors (Lipinski definition) is 3. The molecule has 0 unspecified atom stereocenters. The second-order valence-corrected chi connectivity index (χ2v) is 2.45. The molecule has 3 nitrogen and oxygen atoms in total. The molecule has 0 aromatic rings. The van der Waals surface area contributed by atoms with Gasteiger partial charge in [0.2, 0.25) is 0 Å². The summed E-state index contributed by atoms with van der Waals surface area (Å²) >= 11 is 0. The van der Waals surface area contributed by atoms with Crippen LogP contribution in [0.2, 0.25) is 0 Å². The lowest BCUT2D eigenvalue weighted by Gasteiger charge is -2.05. The molecule has 0 saturated carbocycles. The summed E-state index contributed by atoms with van der Waals surface area (Å²) in [6.45, 7) is 1.82. The van der Waals surface area contributed by atoms with Gasteiger partial charge in [0, 0.05) is 6.42 Å². The van der Waals surface area contributed by atoms with Gasteiger partial charge in [-0.1, -0.05) is 0 Å². The number of aliphatic hydroxyl groups is 2. The first-order chi connectivity index (χ1) is 4.24. The Kier molecular flexibility index (Phi) is 2.05. The van der Waals surface area contributed by atoms with Gasteiger partial charge in [-0.05, 0) is 6.92 Å². The van der Waals surface area contributed by atoms with Gasteiger partial charge in [0.15, 0.2) is 0 Å². The van der Waals surface area contributed by atoms with Crippen molar-refractivity contribution in [3.05, 3.63) is 0 Å². The zero-order valence-electron chi connectivity index (χ0n) is 5.45. The molecule has 1 fully saturated rings. The van der Waals surface area contributed by atoms with E-state index in [1.807, 2.05) is 0 Å². The van der Waals surface area contributed by atoms with Crippen LogP contribution in [0.1, 0.15) is 13.3 Å². The third kappa shape index (κ3) is 1.41. The minimum absolute atomic E-state index is 0.0153. The van der Waals surface area contributed by atoms with E-state index in [0.29, 0.717) is 6.42 Å². The van der Waals surface area contributed by atoms with Gasteiger partial charge in [-0.25, -0.2) is 0 Å². The fourth-order valence-electron chi connectivity index (χ4n) is 1.03. The smallest absolute Gasteiger partial charge is 0.0836 e. The predicted molar refractivity (Wildman–Crippen MR) is 32.0 cm³/mol. The lowest BCUT2D eigenvalue weighted by atomic mass is 10.2. The Morgan fingerprint density at radius 1 is 1.67 bits per heavy atom. The van der Waals surface area contributed by atoms with Crippen LogP contribution in [0.5, 0.6) is 0 Å². The van der Waals surface area contributed by atoms with Gasteiger partial charge in [0.05, 0.1) is 24.9 Å². The van der Waals surface area contributed by atoms with Crippen molar-refractivity contribution in [2.75, 3.05) is 6.61 Å².